The van der Waals surface area contributed by atoms with Gasteiger partial charge >= 0.3 is 0 Å². The Morgan fingerprint density at radius 3 is 2.24 bits per heavy atom. The fourth-order valence-electron chi connectivity index (χ4n) is 6.13. The lowest BCUT2D eigenvalue weighted by atomic mass is 9.99. The molecule has 2 N–H and O–H groups in total. The average Bonchev–Trinajstić information content (AvgIpc) is 3.72. The molecule has 4 amide bonds. The number of aliphatic hydroxyl groups excluding tert-OH is 1. The average molecular weight is 759 g/mol. The van der Waals surface area contributed by atoms with Crippen molar-refractivity contribution in [2.75, 3.05) is 40.6 Å². The van der Waals surface area contributed by atoms with E-state index in [-0.39, 0.29) is 44.3 Å². The Morgan fingerprint density at radius 2 is 1.55 bits per heavy atom. The van der Waals surface area contributed by atoms with Crippen LogP contribution in [0.1, 0.15) is 54.7 Å². The third-order valence-electron chi connectivity index (χ3n) is 8.84. The van der Waals surface area contributed by atoms with Crippen LogP contribution in [0.2, 0.25) is 0 Å². The van der Waals surface area contributed by atoms with Crippen molar-refractivity contribution in [2.45, 2.75) is 25.0 Å². The van der Waals surface area contributed by atoms with Gasteiger partial charge in [0.25, 0.3) is 17.7 Å². The van der Waals surface area contributed by atoms with Crippen LogP contribution in [0.25, 0.3) is 0 Å². The number of fused-ring (bicyclic) bond motifs is 2. The number of methoxy groups -OCH3 is 2. The molecule has 13 heteroatoms. The maximum atomic E-state index is 13.9. The summed E-state index contributed by atoms with van der Waals surface area (Å²) in [6.07, 6.45) is -1.03. The van der Waals surface area contributed by atoms with Crippen LogP contribution < -0.4 is 24.3 Å². The van der Waals surface area contributed by atoms with Crippen LogP contribution in [0.15, 0.2) is 89.4 Å². The minimum atomic E-state index is -1.27. The SMILES string of the molecule is COc1cc(Br)c(C(=O)N[C@@H](c2ccccc2)C(O)CN(CCc2ccc3c(c2)OCO3)C(=O)CCN2C(=O)c3ccccc3C2=O)cc1OC. The minimum absolute atomic E-state index is 0.125. The predicted molar refractivity (Wildman–Crippen MR) is 189 cm³/mol. The monoisotopic (exact) mass is 757 g/mol. The number of hydrogen-bond donors (Lipinski definition) is 2. The lowest BCUT2D eigenvalue weighted by molar-refractivity contribution is -0.133. The van der Waals surface area contributed by atoms with Gasteiger partial charge in [0.2, 0.25) is 12.7 Å². The molecular formula is C38H36BrN3O9. The number of aliphatic hydroxyl groups is 1. The molecule has 6 rings (SSSR count). The van der Waals surface area contributed by atoms with Crippen molar-refractivity contribution >= 4 is 39.6 Å². The number of ether oxygens (including phenoxy) is 4. The van der Waals surface area contributed by atoms with Gasteiger partial charge in [0.15, 0.2) is 23.0 Å². The Hall–Kier alpha value is -5.40. The number of imide groups is 1. The second-order valence-corrected chi connectivity index (χ2v) is 12.8. The van der Waals surface area contributed by atoms with Gasteiger partial charge < -0.3 is 34.3 Å². The van der Waals surface area contributed by atoms with E-state index in [4.69, 9.17) is 18.9 Å². The Morgan fingerprint density at radius 1 is 0.902 bits per heavy atom. The summed E-state index contributed by atoms with van der Waals surface area (Å²) in [6, 6.07) is 23.2. The zero-order valence-corrected chi connectivity index (χ0v) is 29.6. The van der Waals surface area contributed by atoms with E-state index in [1.165, 1.54) is 25.2 Å². The largest absolute Gasteiger partial charge is 0.493 e. The van der Waals surface area contributed by atoms with Crippen molar-refractivity contribution in [3.8, 4) is 23.0 Å². The Kier molecular flexibility index (Phi) is 10.9. The number of carbonyl (C=O) groups is 4. The Bertz CT molecular complexity index is 1920. The lowest BCUT2D eigenvalue weighted by Gasteiger charge is -2.31. The highest BCUT2D eigenvalue weighted by Crippen LogP contribution is 2.35. The quantitative estimate of drug-likeness (QED) is 0.174. The van der Waals surface area contributed by atoms with Gasteiger partial charge in [-0.2, -0.15) is 0 Å². The summed E-state index contributed by atoms with van der Waals surface area (Å²) in [5.74, 6) is 0.216. The molecule has 51 heavy (non-hydrogen) atoms. The number of rotatable bonds is 14. The maximum Gasteiger partial charge on any atom is 0.261 e. The standard InChI is InChI=1S/C38H36BrN3O9/c1-48-31-19-27(28(39)20-32(31)49-2)36(45)40-35(24-8-4-3-5-9-24)29(43)21-41(16-14-23-12-13-30-33(18-23)51-22-50-30)34(44)15-17-42-37(46)25-10-6-7-11-26(25)38(42)47/h3-13,18-20,29,35,43H,14-17,21-22H2,1-2H3,(H,40,45)/t29?,35-/m0/s1. The van der Waals surface area contributed by atoms with Gasteiger partial charge in [-0.1, -0.05) is 48.5 Å². The van der Waals surface area contributed by atoms with E-state index in [2.05, 4.69) is 21.2 Å². The molecule has 0 spiro atoms. The van der Waals surface area contributed by atoms with E-state index in [1.807, 2.05) is 18.2 Å². The topological polar surface area (TPSA) is 144 Å². The smallest absolute Gasteiger partial charge is 0.261 e. The molecule has 0 radical (unpaired) electrons. The van der Waals surface area contributed by atoms with Gasteiger partial charge in [0, 0.05) is 30.5 Å². The van der Waals surface area contributed by atoms with Crippen molar-refractivity contribution in [1.29, 1.82) is 0 Å². The first-order valence-electron chi connectivity index (χ1n) is 16.3. The summed E-state index contributed by atoms with van der Waals surface area (Å²) in [5.41, 5.74) is 2.33. The highest BCUT2D eigenvalue weighted by Gasteiger charge is 2.36. The fourth-order valence-corrected chi connectivity index (χ4v) is 6.63. The first-order chi connectivity index (χ1) is 24.7. The second-order valence-electron chi connectivity index (χ2n) is 12.0. The molecule has 2 aliphatic rings. The van der Waals surface area contributed by atoms with Crippen molar-refractivity contribution in [3.63, 3.8) is 0 Å². The van der Waals surface area contributed by atoms with Gasteiger partial charge in [-0.15, -0.1) is 0 Å². The molecular weight excluding hydrogens is 722 g/mol. The lowest BCUT2D eigenvalue weighted by Crippen LogP contribution is -2.46. The third kappa shape index (κ3) is 7.69. The van der Waals surface area contributed by atoms with Gasteiger partial charge in [0.1, 0.15) is 0 Å². The number of amides is 4. The highest BCUT2D eigenvalue weighted by molar-refractivity contribution is 9.10. The number of carbonyl (C=O) groups excluding carboxylic acids is 4. The predicted octanol–water partition coefficient (Wildman–Crippen LogP) is 4.78. The van der Waals surface area contributed by atoms with Crippen molar-refractivity contribution < 1.29 is 43.2 Å². The summed E-state index contributed by atoms with van der Waals surface area (Å²) >= 11 is 3.44. The van der Waals surface area contributed by atoms with Crippen LogP contribution in [0, 0.1) is 0 Å². The fraction of sp³-hybridized carbons (Fsp3) is 0.263. The summed E-state index contributed by atoms with van der Waals surface area (Å²) in [5, 5.41) is 14.8. The number of hydrogen-bond acceptors (Lipinski definition) is 9. The summed E-state index contributed by atoms with van der Waals surface area (Å²) in [6.45, 7) is 0.0145. The van der Waals surface area contributed by atoms with Crippen LogP contribution in [-0.2, 0) is 11.2 Å². The molecule has 0 aromatic heterocycles. The Balaban J connectivity index is 1.23. The first kappa shape index (κ1) is 35.4. The molecule has 2 atom stereocenters. The number of benzene rings is 4. The van der Waals surface area contributed by atoms with Crippen molar-refractivity contribution in [2.24, 2.45) is 0 Å². The molecule has 1 unspecified atom stereocenters. The molecule has 12 nitrogen and oxygen atoms in total. The molecule has 0 aliphatic carbocycles. The van der Waals surface area contributed by atoms with Gasteiger partial charge in [-0.25, -0.2) is 0 Å². The zero-order chi connectivity index (χ0) is 36.1. The summed E-state index contributed by atoms with van der Waals surface area (Å²) in [4.78, 5) is 56.2. The summed E-state index contributed by atoms with van der Waals surface area (Å²) in [7, 11) is 2.96. The van der Waals surface area contributed by atoms with Crippen LogP contribution in [-0.4, -0.2) is 85.3 Å². The van der Waals surface area contributed by atoms with Crippen molar-refractivity contribution in [1.82, 2.24) is 15.1 Å². The van der Waals surface area contributed by atoms with E-state index in [0.29, 0.717) is 50.6 Å². The molecule has 0 fully saturated rings. The molecule has 0 saturated heterocycles. The number of halogens is 1. The molecule has 4 aromatic rings. The van der Waals surface area contributed by atoms with E-state index in [9.17, 15) is 24.3 Å². The summed E-state index contributed by atoms with van der Waals surface area (Å²) < 4.78 is 22.1. The number of nitrogens with zero attached hydrogens (tertiary/aromatic N) is 2. The van der Waals surface area contributed by atoms with E-state index >= 15 is 0 Å². The normalized spacial score (nSPS) is 14.2. The van der Waals surface area contributed by atoms with Crippen LogP contribution >= 0.6 is 15.9 Å². The number of nitrogens with one attached hydrogen (secondary N) is 1. The van der Waals surface area contributed by atoms with Crippen LogP contribution in [0.4, 0.5) is 0 Å². The molecule has 0 bridgehead atoms. The van der Waals surface area contributed by atoms with Crippen molar-refractivity contribution in [3.05, 3.63) is 117 Å². The molecule has 264 valence electrons. The minimum Gasteiger partial charge on any atom is -0.493 e. The van der Waals surface area contributed by atoms with Crippen LogP contribution in [0.3, 0.4) is 0 Å². The van der Waals surface area contributed by atoms with E-state index < -0.39 is 29.9 Å². The first-order valence-corrected chi connectivity index (χ1v) is 17.0. The zero-order valence-electron chi connectivity index (χ0n) is 28.0. The molecule has 0 saturated carbocycles. The Labute approximate surface area is 303 Å². The van der Waals surface area contributed by atoms with Gasteiger partial charge in [-0.05, 0) is 69.9 Å². The molecule has 2 aliphatic heterocycles. The molecule has 4 aromatic carbocycles. The van der Waals surface area contributed by atoms with Crippen LogP contribution in [0.5, 0.6) is 23.0 Å². The third-order valence-corrected chi connectivity index (χ3v) is 9.50. The highest BCUT2D eigenvalue weighted by atomic mass is 79.9. The second kappa shape index (κ2) is 15.7. The molecule has 2 heterocycles. The van der Waals surface area contributed by atoms with E-state index in [1.54, 1.807) is 60.7 Å². The van der Waals surface area contributed by atoms with Gasteiger partial charge in [0.05, 0.1) is 43.1 Å². The maximum absolute atomic E-state index is 13.9. The van der Waals surface area contributed by atoms with E-state index in [0.717, 1.165) is 10.5 Å². The van der Waals surface area contributed by atoms with Gasteiger partial charge in [-0.3, -0.25) is 24.1 Å².